The Labute approximate surface area is 109 Å². The number of nitrogens with zero attached hydrogens (tertiary/aromatic N) is 3. The molecular formula is C13H24N4O. The lowest BCUT2D eigenvalue weighted by atomic mass is 9.98. The van der Waals surface area contributed by atoms with Crippen LogP contribution >= 0.6 is 0 Å². The molecule has 1 aliphatic carbocycles. The van der Waals surface area contributed by atoms with Crippen LogP contribution in [-0.2, 0) is 13.1 Å². The number of hydrogen-bond donors (Lipinski definition) is 2. The minimum Gasteiger partial charge on any atom is -0.396 e. The van der Waals surface area contributed by atoms with Crippen molar-refractivity contribution >= 4 is 0 Å². The van der Waals surface area contributed by atoms with E-state index < -0.39 is 0 Å². The predicted octanol–water partition coefficient (Wildman–Crippen LogP) is 1.19. The maximum absolute atomic E-state index is 8.75. The molecule has 1 saturated carbocycles. The summed E-state index contributed by atoms with van der Waals surface area (Å²) < 4.78 is 1.80. The van der Waals surface area contributed by atoms with Gasteiger partial charge in [-0.25, -0.2) is 0 Å². The molecule has 1 heterocycles. The number of nitrogens with one attached hydrogen (secondary N) is 1. The number of aliphatic hydroxyl groups is 1. The van der Waals surface area contributed by atoms with Gasteiger partial charge in [-0.2, -0.15) is 0 Å². The molecule has 0 radical (unpaired) electrons. The number of hydrogen-bond acceptors (Lipinski definition) is 4. The molecule has 0 amide bonds. The molecule has 2 rings (SSSR count). The molecule has 2 unspecified atom stereocenters. The fourth-order valence-corrected chi connectivity index (χ4v) is 2.67. The summed E-state index contributed by atoms with van der Waals surface area (Å²) >= 11 is 0. The van der Waals surface area contributed by atoms with Crippen LogP contribution < -0.4 is 5.32 Å². The average Bonchev–Trinajstić information content (AvgIpc) is 2.97. The maximum atomic E-state index is 8.75. The lowest BCUT2D eigenvalue weighted by molar-refractivity contribution is 0.276. The first-order valence-corrected chi connectivity index (χ1v) is 7.00. The predicted molar refractivity (Wildman–Crippen MR) is 69.9 cm³/mol. The molecule has 18 heavy (non-hydrogen) atoms. The summed E-state index contributed by atoms with van der Waals surface area (Å²) in [6, 6.07) is 0. The molecule has 2 atom stereocenters. The molecule has 1 aromatic rings. The molecule has 0 bridgehead atoms. The first kappa shape index (κ1) is 13.5. The minimum atomic E-state index is 0.201. The van der Waals surface area contributed by atoms with Crippen molar-refractivity contribution in [1.82, 2.24) is 20.3 Å². The molecule has 102 valence electrons. The summed E-state index contributed by atoms with van der Waals surface area (Å²) in [7, 11) is 0. The second-order valence-corrected chi connectivity index (χ2v) is 5.35. The van der Waals surface area contributed by atoms with E-state index in [0.29, 0.717) is 0 Å². The smallest absolute Gasteiger partial charge is 0.0964 e. The van der Waals surface area contributed by atoms with Crippen molar-refractivity contribution in [1.29, 1.82) is 0 Å². The van der Waals surface area contributed by atoms with Crippen molar-refractivity contribution in [3.05, 3.63) is 11.9 Å². The van der Waals surface area contributed by atoms with Gasteiger partial charge in [0.1, 0.15) is 0 Å². The van der Waals surface area contributed by atoms with E-state index in [1.165, 1.54) is 19.3 Å². The molecule has 0 aromatic carbocycles. The fraction of sp³-hybridized carbons (Fsp3) is 0.846. The highest BCUT2D eigenvalue weighted by Gasteiger charge is 2.22. The Balaban J connectivity index is 1.68. The van der Waals surface area contributed by atoms with Gasteiger partial charge in [0.05, 0.1) is 5.69 Å². The molecule has 5 heteroatoms. The molecule has 1 aromatic heterocycles. The Morgan fingerprint density at radius 1 is 1.50 bits per heavy atom. The first-order valence-electron chi connectivity index (χ1n) is 7.00. The standard InChI is InChI=1S/C13H24N4O/c1-11-4-2-5-12(11)8-14-9-13-10-17(16-15-13)6-3-7-18/h10-12,14,18H,2-9H2,1H3. The summed E-state index contributed by atoms with van der Waals surface area (Å²) in [6.07, 6.45) is 6.81. The van der Waals surface area contributed by atoms with E-state index in [1.807, 2.05) is 6.20 Å². The Morgan fingerprint density at radius 2 is 2.39 bits per heavy atom. The van der Waals surface area contributed by atoms with E-state index in [2.05, 4.69) is 22.6 Å². The molecule has 0 spiro atoms. The molecule has 2 N–H and O–H groups in total. The number of rotatable bonds is 7. The van der Waals surface area contributed by atoms with Gasteiger partial charge in [0.2, 0.25) is 0 Å². The highest BCUT2D eigenvalue weighted by molar-refractivity contribution is 4.91. The van der Waals surface area contributed by atoms with Crippen LogP contribution in [0.2, 0.25) is 0 Å². The zero-order chi connectivity index (χ0) is 12.8. The normalized spacial score (nSPS) is 23.7. The Bertz CT molecular complexity index is 353. The Morgan fingerprint density at radius 3 is 3.11 bits per heavy atom. The van der Waals surface area contributed by atoms with E-state index in [-0.39, 0.29) is 6.61 Å². The van der Waals surface area contributed by atoms with Crippen LogP contribution in [0.3, 0.4) is 0 Å². The van der Waals surface area contributed by atoms with Crippen molar-refractivity contribution in [2.24, 2.45) is 11.8 Å². The van der Waals surface area contributed by atoms with Crippen LogP contribution in [0.1, 0.15) is 38.3 Å². The van der Waals surface area contributed by atoms with Crippen LogP contribution in [0.15, 0.2) is 6.20 Å². The van der Waals surface area contributed by atoms with Gasteiger partial charge in [0, 0.05) is 25.9 Å². The van der Waals surface area contributed by atoms with E-state index in [1.54, 1.807) is 4.68 Å². The van der Waals surface area contributed by atoms with Gasteiger partial charge in [-0.15, -0.1) is 5.10 Å². The van der Waals surface area contributed by atoms with Crippen LogP contribution in [0.25, 0.3) is 0 Å². The van der Waals surface area contributed by atoms with Crippen molar-refractivity contribution in [2.45, 2.75) is 45.7 Å². The van der Waals surface area contributed by atoms with E-state index in [9.17, 15) is 0 Å². The Kier molecular flexibility index (Phi) is 5.13. The van der Waals surface area contributed by atoms with Crippen LogP contribution in [0.4, 0.5) is 0 Å². The van der Waals surface area contributed by atoms with Crippen molar-refractivity contribution in [3.8, 4) is 0 Å². The zero-order valence-corrected chi connectivity index (χ0v) is 11.2. The summed E-state index contributed by atoms with van der Waals surface area (Å²) in [4.78, 5) is 0. The van der Waals surface area contributed by atoms with E-state index in [0.717, 1.165) is 43.6 Å². The zero-order valence-electron chi connectivity index (χ0n) is 11.2. The van der Waals surface area contributed by atoms with Crippen LogP contribution in [0, 0.1) is 11.8 Å². The number of aliphatic hydroxyl groups excluding tert-OH is 1. The number of aromatic nitrogens is 3. The van der Waals surface area contributed by atoms with Gasteiger partial charge in [-0.1, -0.05) is 25.0 Å². The third-order valence-electron chi connectivity index (χ3n) is 3.88. The second-order valence-electron chi connectivity index (χ2n) is 5.35. The van der Waals surface area contributed by atoms with Gasteiger partial charge in [-0.3, -0.25) is 4.68 Å². The maximum Gasteiger partial charge on any atom is 0.0964 e. The van der Waals surface area contributed by atoms with Crippen LogP contribution in [0.5, 0.6) is 0 Å². The summed E-state index contributed by atoms with van der Waals surface area (Å²) in [5, 5.41) is 20.4. The largest absolute Gasteiger partial charge is 0.396 e. The lowest BCUT2D eigenvalue weighted by Gasteiger charge is -2.15. The van der Waals surface area contributed by atoms with Crippen molar-refractivity contribution in [2.75, 3.05) is 13.2 Å². The van der Waals surface area contributed by atoms with Gasteiger partial charge < -0.3 is 10.4 Å². The first-order chi connectivity index (χ1) is 8.79. The third kappa shape index (κ3) is 3.78. The highest BCUT2D eigenvalue weighted by Crippen LogP contribution is 2.30. The monoisotopic (exact) mass is 252 g/mol. The van der Waals surface area contributed by atoms with E-state index in [4.69, 9.17) is 5.11 Å². The van der Waals surface area contributed by atoms with Gasteiger partial charge in [0.15, 0.2) is 0 Å². The average molecular weight is 252 g/mol. The van der Waals surface area contributed by atoms with Crippen molar-refractivity contribution in [3.63, 3.8) is 0 Å². The SMILES string of the molecule is CC1CCCC1CNCc1cn(CCCO)nn1. The molecule has 1 aliphatic rings. The summed E-state index contributed by atoms with van der Waals surface area (Å²) in [5.74, 6) is 1.69. The number of aryl methyl sites for hydroxylation is 1. The fourth-order valence-electron chi connectivity index (χ4n) is 2.67. The second kappa shape index (κ2) is 6.85. The topological polar surface area (TPSA) is 63.0 Å². The molecular weight excluding hydrogens is 228 g/mol. The van der Waals surface area contributed by atoms with Crippen LogP contribution in [-0.4, -0.2) is 33.3 Å². The quantitative estimate of drug-likeness (QED) is 0.765. The third-order valence-corrected chi connectivity index (χ3v) is 3.88. The highest BCUT2D eigenvalue weighted by atomic mass is 16.3. The van der Waals surface area contributed by atoms with Gasteiger partial charge in [0.25, 0.3) is 0 Å². The Hall–Kier alpha value is -0.940. The summed E-state index contributed by atoms with van der Waals surface area (Å²) in [5.41, 5.74) is 0.985. The van der Waals surface area contributed by atoms with E-state index >= 15 is 0 Å². The molecule has 0 aliphatic heterocycles. The molecule has 1 fully saturated rings. The van der Waals surface area contributed by atoms with Gasteiger partial charge >= 0.3 is 0 Å². The lowest BCUT2D eigenvalue weighted by Crippen LogP contribution is -2.24. The van der Waals surface area contributed by atoms with Gasteiger partial charge in [-0.05, 0) is 31.2 Å². The molecule has 5 nitrogen and oxygen atoms in total. The minimum absolute atomic E-state index is 0.201. The van der Waals surface area contributed by atoms with Crippen molar-refractivity contribution < 1.29 is 5.11 Å². The molecule has 0 saturated heterocycles. The summed E-state index contributed by atoms with van der Waals surface area (Å²) in [6.45, 7) is 5.17.